The zero-order chi connectivity index (χ0) is 21.6. The van der Waals surface area contributed by atoms with Crippen LogP contribution in [-0.4, -0.2) is 52.0 Å². The third kappa shape index (κ3) is 5.65. The molecule has 0 saturated carbocycles. The Balaban J connectivity index is 1.49. The Hall–Kier alpha value is -2.29. The van der Waals surface area contributed by atoms with Crippen LogP contribution in [0.5, 0.6) is 11.5 Å². The molecule has 3 rings (SSSR count). The minimum absolute atomic E-state index is 0.163. The number of nitrogens with one attached hydrogen (secondary N) is 1. The van der Waals surface area contributed by atoms with Gasteiger partial charge in [0, 0.05) is 18.1 Å². The van der Waals surface area contributed by atoms with E-state index < -0.39 is 10.0 Å². The van der Waals surface area contributed by atoms with Crippen LogP contribution in [0, 0.1) is 5.92 Å². The van der Waals surface area contributed by atoms with Gasteiger partial charge in [0.15, 0.2) is 0 Å². The number of piperidine rings is 1. The van der Waals surface area contributed by atoms with Crippen molar-refractivity contribution in [1.29, 1.82) is 0 Å². The molecule has 1 heterocycles. The lowest BCUT2D eigenvalue weighted by Crippen LogP contribution is -2.45. The van der Waals surface area contributed by atoms with Crippen LogP contribution in [0.1, 0.15) is 12.8 Å². The average molecular weight is 453 g/mol. The number of rotatable bonds is 8. The van der Waals surface area contributed by atoms with Gasteiger partial charge in [0.05, 0.1) is 24.5 Å². The van der Waals surface area contributed by atoms with Crippen molar-refractivity contribution in [1.82, 2.24) is 9.62 Å². The maximum Gasteiger partial charge on any atom is 0.243 e. The van der Waals surface area contributed by atoms with Crippen LogP contribution in [-0.2, 0) is 14.8 Å². The van der Waals surface area contributed by atoms with Crippen LogP contribution in [0.25, 0.3) is 0 Å². The van der Waals surface area contributed by atoms with Crippen LogP contribution in [0.4, 0.5) is 0 Å². The summed E-state index contributed by atoms with van der Waals surface area (Å²) in [7, 11) is -2.06. The van der Waals surface area contributed by atoms with E-state index in [-0.39, 0.29) is 23.3 Å². The van der Waals surface area contributed by atoms with E-state index in [0.29, 0.717) is 43.3 Å². The van der Waals surface area contributed by atoms with Gasteiger partial charge in [-0.2, -0.15) is 4.31 Å². The lowest BCUT2D eigenvalue weighted by atomic mass is 9.99. The van der Waals surface area contributed by atoms with Gasteiger partial charge in [0.1, 0.15) is 18.1 Å². The summed E-state index contributed by atoms with van der Waals surface area (Å²) >= 11 is 5.85. The smallest absolute Gasteiger partial charge is 0.243 e. The number of amides is 1. The summed E-state index contributed by atoms with van der Waals surface area (Å²) in [5.74, 6) is 0.875. The van der Waals surface area contributed by atoms with Crippen molar-refractivity contribution in [2.45, 2.75) is 17.7 Å². The molecule has 0 radical (unpaired) electrons. The fraction of sp³-hybridized carbons (Fsp3) is 0.381. The largest absolute Gasteiger partial charge is 0.497 e. The first-order valence-electron chi connectivity index (χ1n) is 9.70. The van der Waals surface area contributed by atoms with Gasteiger partial charge in [-0.3, -0.25) is 4.79 Å². The number of benzene rings is 2. The van der Waals surface area contributed by atoms with Crippen LogP contribution in [0.15, 0.2) is 53.4 Å². The first-order chi connectivity index (χ1) is 14.4. The Bertz CT molecular complexity index is 948. The van der Waals surface area contributed by atoms with Gasteiger partial charge in [-0.25, -0.2) is 8.42 Å². The maximum atomic E-state index is 12.9. The Morgan fingerprint density at radius 1 is 1.13 bits per heavy atom. The van der Waals surface area contributed by atoms with Crippen LogP contribution >= 0.6 is 11.6 Å². The number of hydrogen-bond donors (Lipinski definition) is 1. The molecule has 0 spiro atoms. The van der Waals surface area contributed by atoms with Crippen molar-refractivity contribution in [3.05, 3.63) is 53.6 Å². The molecule has 1 N–H and O–H groups in total. The molecule has 1 aliphatic heterocycles. The SMILES string of the molecule is COc1ccc(OCCNC(=O)C2CCCN(S(=O)(=O)c3ccc(Cl)cc3)C2)cc1. The molecule has 1 fully saturated rings. The standard InChI is InChI=1S/C21H25ClN2O5S/c1-28-18-6-8-19(9-7-18)29-14-12-23-21(25)16-3-2-13-24(15-16)30(26,27)20-10-4-17(22)5-11-20/h4-11,16H,2-3,12-15H2,1H3,(H,23,25). The first-order valence-corrected chi connectivity index (χ1v) is 11.5. The quantitative estimate of drug-likeness (QED) is 0.622. The van der Waals surface area contributed by atoms with Gasteiger partial charge < -0.3 is 14.8 Å². The van der Waals surface area contributed by atoms with Gasteiger partial charge in [0.2, 0.25) is 15.9 Å². The molecular formula is C21H25ClN2O5S. The van der Waals surface area contributed by atoms with Crippen molar-refractivity contribution < 1.29 is 22.7 Å². The molecule has 0 bridgehead atoms. The number of sulfonamides is 1. The zero-order valence-electron chi connectivity index (χ0n) is 16.7. The van der Waals surface area contributed by atoms with Crippen LogP contribution in [0.2, 0.25) is 5.02 Å². The molecule has 2 aromatic rings. The molecule has 1 amide bonds. The van der Waals surface area contributed by atoms with Crippen LogP contribution in [0.3, 0.4) is 0 Å². The van der Waals surface area contributed by atoms with Gasteiger partial charge in [-0.05, 0) is 61.4 Å². The second-order valence-electron chi connectivity index (χ2n) is 6.97. The average Bonchev–Trinajstić information content (AvgIpc) is 2.77. The van der Waals surface area contributed by atoms with E-state index in [9.17, 15) is 13.2 Å². The molecule has 0 aliphatic carbocycles. The summed E-state index contributed by atoms with van der Waals surface area (Å²) in [5.41, 5.74) is 0. The Morgan fingerprint density at radius 2 is 1.80 bits per heavy atom. The third-order valence-electron chi connectivity index (χ3n) is 4.94. The Labute approximate surface area is 182 Å². The zero-order valence-corrected chi connectivity index (χ0v) is 18.3. The summed E-state index contributed by atoms with van der Waals surface area (Å²) in [6, 6.07) is 13.2. The predicted molar refractivity (Wildman–Crippen MR) is 114 cm³/mol. The molecule has 2 aromatic carbocycles. The monoisotopic (exact) mass is 452 g/mol. The topological polar surface area (TPSA) is 84.9 Å². The molecule has 1 atom stereocenters. The van der Waals surface area contributed by atoms with Crippen LogP contribution < -0.4 is 14.8 Å². The predicted octanol–water partition coefficient (Wildman–Crippen LogP) is 2.94. The molecule has 7 nitrogen and oxygen atoms in total. The number of nitrogens with zero attached hydrogens (tertiary/aromatic N) is 1. The summed E-state index contributed by atoms with van der Waals surface area (Å²) in [5, 5.41) is 3.31. The highest BCUT2D eigenvalue weighted by molar-refractivity contribution is 7.89. The number of halogens is 1. The molecule has 9 heteroatoms. The van der Waals surface area contributed by atoms with Crippen molar-refractivity contribution in [3.63, 3.8) is 0 Å². The number of methoxy groups -OCH3 is 1. The van der Waals surface area contributed by atoms with Gasteiger partial charge in [0.25, 0.3) is 0 Å². The highest BCUT2D eigenvalue weighted by Crippen LogP contribution is 2.25. The number of carbonyl (C=O) groups is 1. The highest BCUT2D eigenvalue weighted by Gasteiger charge is 2.33. The first kappa shape index (κ1) is 22.4. The van der Waals surface area contributed by atoms with Gasteiger partial charge in [-0.1, -0.05) is 11.6 Å². The summed E-state index contributed by atoms with van der Waals surface area (Å²) in [6.07, 6.45) is 1.28. The fourth-order valence-electron chi connectivity index (χ4n) is 3.29. The normalized spacial score (nSPS) is 17.3. The lowest BCUT2D eigenvalue weighted by Gasteiger charge is -2.31. The summed E-state index contributed by atoms with van der Waals surface area (Å²) in [6.45, 7) is 1.22. The van der Waals surface area contributed by atoms with E-state index in [4.69, 9.17) is 21.1 Å². The molecule has 1 aliphatic rings. The summed E-state index contributed by atoms with van der Waals surface area (Å²) < 4.78 is 37.8. The number of ether oxygens (including phenoxy) is 2. The molecule has 30 heavy (non-hydrogen) atoms. The minimum atomic E-state index is -3.65. The van der Waals surface area contributed by atoms with E-state index >= 15 is 0 Å². The Kier molecular flexibility index (Phi) is 7.58. The second kappa shape index (κ2) is 10.1. The minimum Gasteiger partial charge on any atom is -0.497 e. The molecule has 162 valence electrons. The van der Waals surface area contributed by atoms with Crippen molar-refractivity contribution in [3.8, 4) is 11.5 Å². The van der Waals surface area contributed by atoms with Gasteiger partial charge >= 0.3 is 0 Å². The molecular weight excluding hydrogens is 428 g/mol. The lowest BCUT2D eigenvalue weighted by molar-refractivity contribution is -0.126. The molecule has 1 unspecified atom stereocenters. The highest BCUT2D eigenvalue weighted by atomic mass is 35.5. The van der Waals surface area contributed by atoms with E-state index in [2.05, 4.69) is 5.32 Å². The molecule has 1 saturated heterocycles. The van der Waals surface area contributed by atoms with Crippen molar-refractivity contribution >= 4 is 27.5 Å². The number of hydrogen-bond acceptors (Lipinski definition) is 5. The van der Waals surface area contributed by atoms with Crippen molar-refractivity contribution in [2.75, 3.05) is 33.4 Å². The van der Waals surface area contributed by atoms with Crippen molar-refractivity contribution in [2.24, 2.45) is 5.92 Å². The maximum absolute atomic E-state index is 12.9. The van der Waals surface area contributed by atoms with Gasteiger partial charge in [-0.15, -0.1) is 0 Å². The summed E-state index contributed by atoms with van der Waals surface area (Å²) in [4.78, 5) is 12.7. The molecule has 0 aromatic heterocycles. The second-order valence-corrected chi connectivity index (χ2v) is 9.35. The van der Waals surface area contributed by atoms with E-state index in [0.717, 1.165) is 5.75 Å². The fourth-order valence-corrected chi connectivity index (χ4v) is 4.94. The van der Waals surface area contributed by atoms with E-state index in [1.807, 2.05) is 0 Å². The number of carbonyl (C=O) groups excluding carboxylic acids is 1. The van der Waals surface area contributed by atoms with E-state index in [1.54, 1.807) is 43.5 Å². The Morgan fingerprint density at radius 3 is 2.47 bits per heavy atom. The third-order valence-corrected chi connectivity index (χ3v) is 7.07. The van der Waals surface area contributed by atoms with E-state index in [1.165, 1.54) is 16.4 Å².